The lowest BCUT2D eigenvalue weighted by Crippen LogP contribution is -2.12. The molecule has 12 rings (SSSR count). The van der Waals surface area contributed by atoms with Crippen molar-refractivity contribution in [1.82, 2.24) is 9.13 Å². The van der Waals surface area contributed by atoms with E-state index in [0.717, 1.165) is 24.3 Å². The van der Waals surface area contributed by atoms with Crippen LogP contribution in [0.5, 0.6) is 0 Å². The third kappa shape index (κ3) is 11.0. The number of aromatic nitrogens is 2. The second-order valence-corrected chi connectivity index (χ2v) is 21.9. The summed E-state index contributed by atoms with van der Waals surface area (Å²) in [5, 5.41) is 22.7. The van der Waals surface area contributed by atoms with E-state index in [4.69, 9.17) is 0 Å². The minimum Gasteiger partial charge on any atom is -0.308 e. The van der Waals surface area contributed by atoms with Crippen molar-refractivity contribution in [3.05, 3.63) is 238 Å². The number of nitrogens with zero attached hydrogens (tertiary/aromatic N) is 4. The molecule has 0 saturated carbocycles. The lowest BCUT2D eigenvalue weighted by atomic mass is 9.95. The van der Waals surface area contributed by atoms with Crippen LogP contribution in [0, 0.1) is 36.5 Å². The third-order valence-corrected chi connectivity index (χ3v) is 16.1. The number of rotatable bonds is 7. The van der Waals surface area contributed by atoms with Crippen LogP contribution < -0.4 is 0 Å². The number of hydrogen-bond acceptors (Lipinski definition) is 2. The number of hydrogen-bond donors (Lipinski definition) is 0. The average molecular weight is 1280 g/mol. The minimum atomic E-state index is -5.41. The zero-order valence-electron chi connectivity index (χ0n) is 46.9. The molecule has 12 aromatic rings. The molecule has 2 aromatic heterocycles. The molecule has 0 aliphatic carbocycles. The van der Waals surface area contributed by atoms with E-state index in [1.54, 1.807) is 0 Å². The maximum atomic E-state index is 15.0. The largest absolute Gasteiger partial charge is 0.417 e. The van der Waals surface area contributed by atoms with E-state index in [1.165, 1.54) is 144 Å². The summed E-state index contributed by atoms with van der Waals surface area (Å²) >= 11 is 0. The van der Waals surface area contributed by atoms with Crippen LogP contribution in [0.2, 0.25) is 0 Å². The molecule has 10 aromatic carbocycles. The minimum absolute atomic E-state index is 0.0370. The molecule has 92 heavy (non-hydrogen) atoms. The maximum absolute atomic E-state index is 15.0. The molecule has 0 amide bonds. The van der Waals surface area contributed by atoms with Crippen molar-refractivity contribution >= 4 is 43.6 Å². The monoisotopic (exact) mass is 1270 g/mol. The molecule has 0 bridgehead atoms. The highest BCUT2D eigenvalue weighted by atomic mass is 19.4. The van der Waals surface area contributed by atoms with E-state index in [9.17, 15) is 36.9 Å². The van der Waals surface area contributed by atoms with E-state index in [2.05, 4.69) is 6.07 Å². The summed E-state index contributed by atoms with van der Waals surface area (Å²) in [6.45, 7) is 2.85. The van der Waals surface area contributed by atoms with Gasteiger partial charge in [-0.3, -0.25) is 0 Å². The molecular formula is C70H36F18N4. The molecule has 0 N–H and O–H groups in total. The smallest absolute Gasteiger partial charge is 0.308 e. The highest BCUT2D eigenvalue weighted by molar-refractivity contribution is 6.13. The fraction of sp³-hybridized carbons (Fsp3) is 0.114. The van der Waals surface area contributed by atoms with Crippen LogP contribution in [-0.4, -0.2) is 9.13 Å². The van der Waals surface area contributed by atoms with Gasteiger partial charge in [-0.25, -0.2) is 0 Å². The van der Waals surface area contributed by atoms with Crippen molar-refractivity contribution in [2.45, 2.75) is 50.9 Å². The molecule has 0 unspecified atom stereocenters. The van der Waals surface area contributed by atoms with Crippen LogP contribution in [0.3, 0.4) is 0 Å². The van der Waals surface area contributed by atoms with Gasteiger partial charge in [-0.1, -0.05) is 108 Å². The molecule has 4 nitrogen and oxygen atoms in total. The van der Waals surface area contributed by atoms with Crippen molar-refractivity contribution < 1.29 is 79.0 Å². The number of benzene rings is 10. The van der Waals surface area contributed by atoms with E-state index < -0.39 is 87.1 Å². The van der Waals surface area contributed by atoms with Crippen molar-refractivity contribution in [2.24, 2.45) is 0 Å². The second kappa shape index (κ2) is 21.6. The number of nitriles is 2. The number of alkyl halides is 18. The quantitative estimate of drug-likeness (QED) is 0.149. The Balaban J connectivity index is 1.26. The van der Waals surface area contributed by atoms with Gasteiger partial charge in [0.15, 0.2) is 0 Å². The molecule has 0 saturated heterocycles. The fourth-order valence-electron chi connectivity index (χ4n) is 11.9. The summed E-state index contributed by atoms with van der Waals surface area (Å²) in [6, 6.07) is 37.1. The van der Waals surface area contributed by atoms with Crippen molar-refractivity contribution in [1.29, 1.82) is 10.5 Å². The van der Waals surface area contributed by atoms with E-state index in [-0.39, 0.29) is 128 Å². The summed E-state index contributed by atoms with van der Waals surface area (Å²) < 4.78 is 268. The van der Waals surface area contributed by atoms with E-state index >= 15 is 52.7 Å². The van der Waals surface area contributed by atoms with Gasteiger partial charge in [0.1, 0.15) is 11.6 Å². The predicted molar refractivity (Wildman–Crippen MR) is 311 cm³/mol. The molecule has 462 valence electrons. The summed E-state index contributed by atoms with van der Waals surface area (Å²) in [5.41, 5.74) is -12.5. The SMILES string of the molecule is Cc1ccc(-c2ccc3c4ccc(-c5ccc(C(F)(F)F)cc5C(F)(F)F)cc4n(-c4cc(-c5cccc(C#N)c5)cc(-n5c6cc(-c7ccc(C)cc7C(F)(F)F)ccc6c6ccc(-c7ccc(C(F)(F)F)cc7C(F)(F)F)cc65)c4C#N)c3c2)c(C(F)(F)F)c1. The van der Waals surface area contributed by atoms with Crippen LogP contribution in [-0.2, 0) is 37.1 Å². The second-order valence-electron chi connectivity index (χ2n) is 21.9. The Bertz CT molecular complexity index is 4850. The topological polar surface area (TPSA) is 57.4 Å². The third-order valence-electron chi connectivity index (χ3n) is 16.1. The average Bonchev–Trinajstić information content (AvgIpc) is 1.54. The summed E-state index contributed by atoms with van der Waals surface area (Å²) in [6.07, 6.45) is -31.2. The fourth-order valence-corrected chi connectivity index (χ4v) is 11.9. The Morgan fingerprint density at radius 1 is 0.293 bits per heavy atom. The van der Waals surface area contributed by atoms with Gasteiger partial charge in [-0.05, 0) is 154 Å². The van der Waals surface area contributed by atoms with Crippen LogP contribution in [0.15, 0.2) is 182 Å². The lowest BCUT2D eigenvalue weighted by Gasteiger charge is -2.20. The molecule has 0 aliphatic heterocycles. The molecular weight excluding hydrogens is 1240 g/mol. The summed E-state index contributed by atoms with van der Waals surface area (Å²) in [4.78, 5) is 0. The maximum Gasteiger partial charge on any atom is 0.417 e. The summed E-state index contributed by atoms with van der Waals surface area (Å²) in [5.74, 6) is 0. The van der Waals surface area contributed by atoms with Gasteiger partial charge < -0.3 is 9.13 Å². The van der Waals surface area contributed by atoms with Gasteiger partial charge in [-0.15, -0.1) is 0 Å². The standard InChI is InChI=1S/C70H36F18N4/c1-35-6-14-46(55(22-35)67(77,78)79)39-8-16-50-52-18-10-41(48-20-12-44(65(71,72)73)31-57(48)69(83,84)85)27-61(52)91(59(50)25-39)63-29-43(38-5-3-4-37(24-38)33-89)30-64(54(63)34-90)92-60-26-40(47-15-7-36(2)23-56(47)68(80,81)82)9-17-51(60)53-19-11-42(28-62(53)92)49-21-13-45(66(74,75)76)32-58(49)70(86,87)88/h3-32H,1-2H3. The Hall–Kier alpha value is -10.5. The highest BCUT2D eigenvalue weighted by Gasteiger charge is 2.41. The predicted octanol–water partition coefficient (Wildman–Crippen LogP) is 22.7. The van der Waals surface area contributed by atoms with Gasteiger partial charge in [0.25, 0.3) is 0 Å². The van der Waals surface area contributed by atoms with Gasteiger partial charge >= 0.3 is 37.1 Å². The van der Waals surface area contributed by atoms with E-state index in [0.29, 0.717) is 24.3 Å². The highest BCUT2D eigenvalue weighted by Crippen LogP contribution is 2.49. The molecule has 2 heterocycles. The Kier molecular flexibility index (Phi) is 14.5. The zero-order valence-corrected chi connectivity index (χ0v) is 46.9. The number of halogens is 18. The van der Waals surface area contributed by atoms with Crippen molar-refractivity contribution in [3.8, 4) is 79.1 Å². The molecule has 0 aliphatic rings. The lowest BCUT2D eigenvalue weighted by molar-refractivity contribution is -0.144. The first kappa shape index (κ1) is 61.7. The van der Waals surface area contributed by atoms with Gasteiger partial charge in [0.2, 0.25) is 0 Å². The van der Waals surface area contributed by atoms with E-state index in [1.807, 2.05) is 6.07 Å². The van der Waals surface area contributed by atoms with Crippen LogP contribution in [0.4, 0.5) is 79.0 Å². The summed E-state index contributed by atoms with van der Waals surface area (Å²) in [7, 11) is 0. The van der Waals surface area contributed by atoms with Crippen molar-refractivity contribution in [3.63, 3.8) is 0 Å². The zero-order chi connectivity index (χ0) is 66.1. The molecule has 0 spiro atoms. The number of fused-ring (bicyclic) bond motifs is 6. The molecule has 0 fully saturated rings. The Labute approximate surface area is 508 Å². The first-order chi connectivity index (χ1) is 43.1. The number of aryl methyl sites for hydroxylation is 2. The first-order valence-corrected chi connectivity index (χ1v) is 27.3. The first-order valence-electron chi connectivity index (χ1n) is 27.3. The van der Waals surface area contributed by atoms with Gasteiger partial charge in [-0.2, -0.15) is 89.6 Å². The van der Waals surface area contributed by atoms with Crippen LogP contribution in [0.25, 0.3) is 111 Å². The Morgan fingerprint density at radius 2 is 0.620 bits per heavy atom. The molecule has 0 atom stereocenters. The molecule has 0 radical (unpaired) electrons. The van der Waals surface area contributed by atoms with Gasteiger partial charge in [0.05, 0.1) is 78.5 Å². The van der Waals surface area contributed by atoms with Crippen LogP contribution >= 0.6 is 0 Å². The van der Waals surface area contributed by atoms with Gasteiger partial charge in [0, 0.05) is 21.5 Å². The van der Waals surface area contributed by atoms with Crippen molar-refractivity contribution in [2.75, 3.05) is 0 Å². The molecule has 22 heteroatoms. The van der Waals surface area contributed by atoms with Crippen LogP contribution in [0.1, 0.15) is 55.6 Å². The normalized spacial score (nSPS) is 12.8. The Morgan fingerprint density at radius 3 is 0.924 bits per heavy atom.